The molecule has 1 amide bonds. The molecule has 1 rings (SSSR count). The van der Waals surface area contributed by atoms with E-state index < -0.39 is 0 Å². The van der Waals surface area contributed by atoms with Gasteiger partial charge in [-0.3, -0.25) is 4.79 Å². The molecule has 0 atom stereocenters. The molecule has 0 aliphatic carbocycles. The molecule has 0 saturated carbocycles. The summed E-state index contributed by atoms with van der Waals surface area (Å²) in [6.07, 6.45) is 1.31. The van der Waals surface area contributed by atoms with E-state index in [1.165, 1.54) is 0 Å². The minimum atomic E-state index is -0.0765. The number of rotatable bonds is 6. The highest BCUT2D eigenvalue weighted by Crippen LogP contribution is 2.24. The lowest BCUT2D eigenvalue weighted by Crippen LogP contribution is -2.14. The number of nitrogens with two attached hydrogens (primary N) is 1. The molecule has 94 valence electrons. The molecule has 0 aliphatic rings. The van der Waals surface area contributed by atoms with E-state index in [4.69, 9.17) is 10.5 Å². The zero-order valence-corrected chi connectivity index (χ0v) is 11.4. The van der Waals surface area contributed by atoms with Gasteiger partial charge in [-0.25, -0.2) is 0 Å². The van der Waals surface area contributed by atoms with Crippen LogP contribution in [0.5, 0.6) is 0 Å². The fraction of sp³-hybridized carbons (Fsp3) is 0.417. The smallest absolute Gasteiger partial charge is 0.226 e. The van der Waals surface area contributed by atoms with E-state index in [2.05, 4.69) is 21.2 Å². The lowest BCUT2D eigenvalue weighted by Gasteiger charge is -2.08. The number of benzene rings is 1. The number of amides is 1. The second-order valence-electron chi connectivity index (χ2n) is 3.65. The van der Waals surface area contributed by atoms with E-state index in [0.717, 1.165) is 10.9 Å². The molecule has 0 aliphatic heterocycles. The van der Waals surface area contributed by atoms with Gasteiger partial charge in [-0.05, 0) is 40.5 Å². The van der Waals surface area contributed by atoms with Crippen molar-refractivity contribution in [1.82, 2.24) is 0 Å². The third kappa shape index (κ3) is 5.19. The van der Waals surface area contributed by atoms with Crippen molar-refractivity contribution < 1.29 is 9.53 Å². The molecule has 1 aromatic rings. The summed E-state index contributed by atoms with van der Waals surface area (Å²) in [6, 6.07) is 5.29. The summed E-state index contributed by atoms with van der Waals surface area (Å²) in [5.74, 6) is -0.0765. The minimum absolute atomic E-state index is 0.0765. The van der Waals surface area contributed by atoms with E-state index >= 15 is 0 Å². The predicted octanol–water partition coefficient (Wildman–Crippen LogP) is 2.79. The molecular weight excluding hydrogens is 284 g/mol. The molecule has 1 aromatic carbocycles. The van der Waals surface area contributed by atoms with Crippen LogP contribution >= 0.6 is 15.9 Å². The molecule has 0 spiro atoms. The van der Waals surface area contributed by atoms with Crippen LogP contribution in [0.25, 0.3) is 0 Å². The third-order valence-corrected chi connectivity index (χ3v) is 2.78. The molecule has 0 radical (unpaired) electrons. The Kier molecular flexibility index (Phi) is 6.00. The maximum absolute atomic E-state index is 11.6. The van der Waals surface area contributed by atoms with Gasteiger partial charge >= 0.3 is 0 Å². The molecule has 0 fully saturated rings. The average molecular weight is 301 g/mol. The first-order chi connectivity index (χ1) is 8.13. The zero-order chi connectivity index (χ0) is 12.7. The molecule has 17 heavy (non-hydrogen) atoms. The number of anilines is 2. The summed E-state index contributed by atoms with van der Waals surface area (Å²) in [4.78, 5) is 11.6. The lowest BCUT2D eigenvalue weighted by molar-refractivity contribution is -0.117. The SMILES string of the molecule is CCCOCCC(=O)Nc1cc(N)ccc1Br. The Bertz CT molecular complexity index is 383. The van der Waals surface area contributed by atoms with Gasteiger partial charge in [0.25, 0.3) is 0 Å². The number of hydrogen-bond donors (Lipinski definition) is 2. The van der Waals surface area contributed by atoms with Gasteiger partial charge in [0.05, 0.1) is 18.7 Å². The number of nitrogen functional groups attached to an aromatic ring is 1. The number of hydrogen-bond acceptors (Lipinski definition) is 3. The lowest BCUT2D eigenvalue weighted by atomic mass is 10.2. The number of nitrogens with one attached hydrogen (secondary N) is 1. The van der Waals surface area contributed by atoms with Crippen LogP contribution in [-0.4, -0.2) is 19.1 Å². The van der Waals surface area contributed by atoms with Crippen LogP contribution in [0.15, 0.2) is 22.7 Å². The Morgan fingerprint density at radius 2 is 2.24 bits per heavy atom. The van der Waals surface area contributed by atoms with E-state index in [-0.39, 0.29) is 5.91 Å². The van der Waals surface area contributed by atoms with Crippen molar-refractivity contribution >= 4 is 33.2 Å². The fourth-order valence-electron chi connectivity index (χ4n) is 1.26. The highest BCUT2D eigenvalue weighted by Gasteiger charge is 2.05. The maximum Gasteiger partial charge on any atom is 0.226 e. The largest absolute Gasteiger partial charge is 0.399 e. The Hall–Kier alpha value is -1.07. The normalized spacial score (nSPS) is 10.2. The van der Waals surface area contributed by atoms with Crippen LogP contribution in [-0.2, 0) is 9.53 Å². The van der Waals surface area contributed by atoms with Gasteiger partial charge < -0.3 is 15.8 Å². The van der Waals surface area contributed by atoms with Crippen LogP contribution in [0.1, 0.15) is 19.8 Å². The third-order valence-electron chi connectivity index (χ3n) is 2.09. The van der Waals surface area contributed by atoms with Crippen molar-refractivity contribution in [2.75, 3.05) is 24.3 Å². The first kappa shape index (κ1) is 14.0. The van der Waals surface area contributed by atoms with Gasteiger partial charge in [0, 0.05) is 16.8 Å². The Balaban J connectivity index is 2.42. The van der Waals surface area contributed by atoms with Crippen molar-refractivity contribution in [3.63, 3.8) is 0 Å². The molecule has 0 unspecified atom stereocenters. The van der Waals surface area contributed by atoms with E-state index in [1.54, 1.807) is 18.2 Å². The quantitative estimate of drug-likeness (QED) is 0.627. The molecule has 0 aromatic heterocycles. The van der Waals surface area contributed by atoms with Crippen molar-refractivity contribution in [1.29, 1.82) is 0 Å². The molecule has 0 heterocycles. The van der Waals surface area contributed by atoms with Gasteiger partial charge in [0.15, 0.2) is 0 Å². The van der Waals surface area contributed by atoms with Crippen LogP contribution in [0.3, 0.4) is 0 Å². The summed E-state index contributed by atoms with van der Waals surface area (Å²) in [6.45, 7) is 3.17. The van der Waals surface area contributed by atoms with E-state index in [0.29, 0.717) is 31.0 Å². The summed E-state index contributed by atoms with van der Waals surface area (Å²) in [5, 5.41) is 2.78. The van der Waals surface area contributed by atoms with Gasteiger partial charge in [-0.1, -0.05) is 6.92 Å². The number of carbonyl (C=O) groups is 1. The Labute approximate surface area is 110 Å². The van der Waals surface area contributed by atoms with Gasteiger partial charge in [0.1, 0.15) is 0 Å². The standard InChI is InChI=1S/C12H17BrN2O2/c1-2-6-17-7-5-12(16)15-11-8-9(14)3-4-10(11)13/h3-4,8H,2,5-7,14H2,1H3,(H,15,16). The Morgan fingerprint density at radius 3 is 2.94 bits per heavy atom. The van der Waals surface area contributed by atoms with Gasteiger partial charge in [0.2, 0.25) is 5.91 Å². The molecule has 0 bridgehead atoms. The number of halogens is 1. The topological polar surface area (TPSA) is 64.3 Å². The molecular formula is C12H17BrN2O2. The zero-order valence-electron chi connectivity index (χ0n) is 9.83. The fourth-order valence-corrected chi connectivity index (χ4v) is 1.61. The van der Waals surface area contributed by atoms with Crippen LogP contribution in [0.4, 0.5) is 11.4 Å². The maximum atomic E-state index is 11.6. The predicted molar refractivity (Wildman–Crippen MR) is 72.9 cm³/mol. The highest BCUT2D eigenvalue weighted by molar-refractivity contribution is 9.10. The first-order valence-corrected chi connectivity index (χ1v) is 6.35. The van der Waals surface area contributed by atoms with E-state index in [1.807, 2.05) is 6.92 Å². The monoisotopic (exact) mass is 300 g/mol. The van der Waals surface area contributed by atoms with Crippen LogP contribution in [0, 0.1) is 0 Å². The van der Waals surface area contributed by atoms with Crippen molar-refractivity contribution in [3.05, 3.63) is 22.7 Å². The molecule has 5 heteroatoms. The Morgan fingerprint density at radius 1 is 1.47 bits per heavy atom. The number of carbonyl (C=O) groups excluding carboxylic acids is 1. The molecule has 3 N–H and O–H groups in total. The summed E-state index contributed by atoms with van der Waals surface area (Å²) in [7, 11) is 0. The average Bonchev–Trinajstić information content (AvgIpc) is 2.29. The highest BCUT2D eigenvalue weighted by atomic mass is 79.9. The van der Waals surface area contributed by atoms with Crippen LogP contribution in [0.2, 0.25) is 0 Å². The molecule has 0 saturated heterocycles. The molecule has 4 nitrogen and oxygen atoms in total. The van der Waals surface area contributed by atoms with Crippen molar-refractivity contribution in [3.8, 4) is 0 Å². The van der Waals surface area contributed by atoms with E-state index in [9.17, 15) is 4.79 Å². The number of ether oxygens (including phenoxy) is 1. The first-order valence-electron chi connectivity index (χ1n) is 5.56. The van der Waals surface area contributed by atoms with Crippen LogP contribution < -0.4 is 11.1 Å². The second-order valence-corrected chi connectivity index (χ2v) is 4.50. The van der Waals surface area contributed by atoms with Crippen molar-refractivity contribution in [2.45, 2.75) is 19.8 Å². The summed E-state index contributed by atoms with van der Waals surface area (Å²) >= 11 is 3.35. The second kappa shape index (κ2) is 7.29. The van der Waals surface area contributed by atoms with Crippen molar-refractivity contribution in [2.24, 2.45) is 0 Å². The van der Waals surface area contributed by atoms with Gasteiger partial charge in [-0.15, -0.1) is 0 Å². The van der Waals surface area contributed by atoms with Gasteiger partial charge in [-0.2, -0.15) is 0 Å². The summed E-state index contributed by atoms with van der Waals surface area (Å²) in [5.41, 5.74) is 6.95. The summed E-state index contributed by atoms with van der Waals surface area (Å²) < 4.78 is 6.06. The minimum Gasteiger partial charge on any atom is -0.399 e.